The Hall–Kier alpha value is -0.860. The first-order valence-corrected chi connectivity index (χ1v) is 5.97. The highest BCUT2D eigenvalue weighted by atomic mass is 16.2. The fourth-order valence-electron chi connectivity index (χ4n) is 2.69. The zero-order valence-corrected chi connectivity index (χ0v) is 9.37. The molecule has 3 nitrogen and oxygen atoms in total. The van der Waals surface area contributed by atoms with E-state index in [9.17, 15) is 9.59 Å². The van der Waals surface area contributed by atoms with Crippen LogP contribution in [0.2, 0.25) is 0 Å². The van der Waals surface area contributed by atoms with Crippen molar-refractivity contribution in [3.05, 3.63) is 0 Å². The summed E-state index contributed by atoms with van der Waals surface area (Å²) in [6.07, 6.45) is 4.43. The summed E-state index contributed by atoms with van der Waals surface area (Å²) < 4.78 is 0. The van der Waals surface area contributed by atoms with Gasteiger partial charge >= 0.3 is 0 Å². The number of likely N-dealkylation sites (tertiary alicyclic amines) is 1. The Morgan fingerprint density at radius 2 is 2.20 bits per heavy atom. The van der Waals surface area contributed by atoms with Crippen LogP contribution in [0.3, 0.4) is 0 Å². The molecule has 1 aliphatic carbocycles. The lowest BCUT2D eigenvalue weighted by Gasteiger charge is -2.17. The fourth-order valence-corrected chi connectivity index (χ4v) is 2.69. The van der Waals surface area contributed by atoms with E-state index in [0.717, 1.165) is 38.8 Å². The fraction of sp³-hybridized carbons (Fsp3) is 0.833. The average molecular weight is 209 g/mol. The van der Waals surface area contributed by atoms with Crippen LogP contribution in [-0.4, -0.2) is 29.7 Å². The van der Waals surface area contributed by atoms with E-state index in [1.54, 1.807) is 0 Å². The van der Waals surface area contributed by atoms with Crippen molar-refractivity contribution in [2.75, 3.05) is 13.1 Å². The van der Waals surface area contributed by atoms with Crippen LogP contribution in [0, 0.1) is 11.8 Å². The van der Waals surface area contributed by atoms with Crippen LogP contribution in [0.4, 0.5) is 0 Å². The van der Waals surface area contributed by atoms with Gasteiger partial charge in [0.05, 0.1) is 0 Å². The monoisotopic (exact) mass is 209 g/mol. The van der Waals surface area contributed by atoms with Gasteiger partial charge in [-0.05, 0) is 25.2 Å². The molecule has 1 amide bonds. The molecule has 1 saturated heterocycles. The molecule has 1 saturated carbocycles. The summed E-state index contributed by atoms with van der Waals surface area (Å²) in [6.45, 7) is 3.79. The molecule has 1 heterocycles. The lowest BCUT2D eigenvalue weighted by Crippen LogP contribution is -2.28. The number of rotatable bonds is 3. The van der Waals surface area contributed by atoms with E-state index in [1.807, 2.05) is 4.90 Å². The predicted octanol–water partition coefficient (Wildman–Crippen LogP) is 1.61. The maximum atomic E-state index is 11.5. The number of hydrogen-bond acceptors (Lipinski definition) is 2. The summed E-state index contributed by atoms with van der Waals surface area (Å²) in [4.78, 5) is 24.9. The van der Waals surface area contributed by atoms with Crippen molar-refractivity contribution in [1.82, 2.24) is 4.90 Å². The third-order valence-electron chi connectivity index (χ3n) is 3.59. The first-order valence-electron chi connectivity index (χ1n) is 5.97. The Morgan fingerprint density at radius 3 is 2.73 bits per heavy atom. The number of Topliss-reactive ketones (excluding diaryl/α,β-unsaturated/α-hetero) is 1. The Bertz CT molecular complexity index is 275. The molecule has 0 radical (unpaired) electrons. The molecular formula is C12H19NO2. The van der Waals surface area contributed by atoms with Crippen molar-refractivity contribution in [2.45, 2.75) is 39.0 Å². The molecule has 2 rings (SSSR count). The van der Waals surface area contributed by atoms with Crippen LogP contribution in [0.5, 0.6) is 0 Å². The van der Waals surface area contributed by atoms with E-state index in [2.05, 4.69) is 6.92 Å². The summed E-state index contributed by atoms with van der Waals surface area (Å²) in [7, 11) is 0. The van der Waals surface area contributed by atoms with E-state index in [1.165, 1.54) is 0 Å². The summed E-state index contributed by atoms with van der Waals surface area (Å²) in [6, 6.07) is 0. The quantitative estimate of drug-likeness (QED) is 0.708. The maximum absolute atomic E-state index is 11.5. The molecule has 0 aromatic rings. The molecule has 2 unspecified atom stereocenters. The molecule has 0 aromatic heterocycles. The van der Waals surface area contributed by atoms with E-state index >= 15 is 0 Å². The van der Waals surface area contributed by atoms with Gasteiger partial charge in [-0.3, -0.25) is 9.59 Å². The summed E-state index contributed by atoms with van der Waals surface area (Å²) in [5, 5.41) is 0. The van der Waals surface area contributed by atoms with Gasteiger partial charge in [-0.2, -0.15) is 0 Å². The number of carbonyl (C=O) groups is 2. The molecule has 0 spiro atoms. The summed E-state index contributed by atoms with van der Waals surface area (Å²) in [5.74, 6) is 1.42. The second kappa shape index (κ2) is 4.33. The number of ketones is 1. The average Bonchev–Trinajstić information content (AvgIpc) is 2.70. The SMILES string of the molecule is CC1CC(=O)N(CCC2CCCC2=O)C1. The van der Waals surface area contributed by atoms with Crippen LogP contribution >= 0.6 is 0 Å². The van der Waals surface area contributed by atoms with Gasteiger partial charge in [0.1, 0.15) is 5.78 Å². The molecule has 3 heteroatoms. The highest BCUT2D eigenvalue weighted by Crippen LogP contribution is 2.25. The Labute approximate surface area is 90.8 Å². The summed E-state index contributed by atoms with van der Waals surface area (Å²) >= 11 is 0. The van der Waals surface area contributed by atoms with E-state index in [-0.39, 0.29) is 11.8 Å². The van der Waals surface area contributed by atoms with E-state index in [4.69, 9.17) is 0 Å². The van der Waals surface area contributed by atoms with Crippen LogP contribution < -0.4 is 0 Å². The van der Waals surface area contributed by atoms with Crippen molar-refractivity contribution in [1.29, 1.82) is 0 Å². The maximum Gasteiger partial charge on any atom is 0.222 e. The highest BCUT2D eigenvalue weighted by molar-refractivity contribution is 5.83. The van der Waals surface area contributed by atoms with Crippen molar-refractivity contribution in [2.24, 2.45) is 11.8 Å². The van der Waals surface area contributed by atoms with Gasteiger partial charge < -0.3 is 4.90 Å². The Balaban J connectivity index is 1.78. The molecule has 15 heavy (non-hydrogen) atoms. The largest absolute Gasteiger partial charge is 0.342 e. The minimum atomic E-state index is 0.244. The first-order chi connectivity index (χ1) is 7.16. The zero-order valence-electron chi connectivity index (χ0n) is 9.37. The van der Waals surface area contributed by atoms with Gasteiger partial charge in [-0.1, -0.05) is 6.92 Å². The molecule has 2 fully saturated rings. The minimum Gasteiger partial charge on any atom is -0.342 e. The van der Waals surface area contributed by atoms with Gasteiger partial charge in [0, 0.05) is 31.8 Å². The molecule has 2 aliphatic rings. The topological polar surface area (TPSA) is 37.4 Å². The van der Waals surface area contributed by atoms with Crippen molar-refractivity contribution in [3.63, 3.8) is 0 Å². The van der Waals surface area contributed by atoms with Crippen LogP contribution in [0.15, 0.2) is 0 Å². The lowest BCUT2D eigenvalue weighted by molar-refractivity contribution is -0.128. The third-order valence-corrected chi connectivity index (χ3v) is 3.59. The molecule has 84 valence electrons. The highest BCUT2D eigenvalue weighted by Gasteiger charge is 2.29. The number of amides is 1. The Kier molecular flexibility index (Phi) is 3.08. The van der Waals surface area contributed by atoms with Crippen LogP contribution in [-0.2, 0) is 9.59 Å². The summed E-state index contributed by atoms with van der Waals surface area (Å²) in [5.41, 5.74) is 0. The molecule has 2 atom stereocenters. The van der Waals surface area contributed by atoms with Gasteiger partial charge in [-0.15, -0.1) is 0 Å². The molecular weight excluding hydrogens is 190 g/mol. The molecule has 0 N–H and O–H groups in total. The van der Waals surface area contributed by atoms with Gasteiger partial charge in [-0.25, -0.2) is 0 Å². The smallest absolute Gasteiger partial charge is 0.222 e. The molecule has 0 aromatic carbocycles. The number of carbonyl (C=O) groups excluding carboxylic acids is 2. The second-order valence-corrected chi connectivity index (χ2v) is 4.99. The van der Waals surface area contributed by atoms with Crippen LogP contribution in [0.1, 0.15) is 39.0 Å². The number of hydrogen-bond donors (Lipinski definition) is 0. The second-order valence-electron chi connectivity index (χ2n) is 4.99. The molecule has 1 aliphatic heterocycles. The first kappa shape index (κ1) is 10.7. The predicted molar refractivity (Wildman–Crippen MR) is 57.3 cm³/mol. The van der Waals surface area contributed by atoms with Gasteiger partial charge in [0.15, 0.2) is 0 Å². The van der Waals surface area contributed by atoms with E-state index in [0.29, 0.717) is 18.1 Å². The van der Waals surface area contributed by atoms with Crippen molar-refractivity contribution < 1.29 is 9.59 Å². The number of nitrogens with zero attached hydrogens (tertiary/aromatic N) is 1. The normalized spacial score (nSPS) is 31.7. The van der Waals surface area contributed by atoms with Gasteiger partial charge in [0.2, 0.25) is 5.91 Å². The zero-order chi connectivity index (χ0) is 10.8. The van der Waals surface area contributed by atoms with Crippen LogP contribution in [0.25, 0.3) is 0 Å². The van der Waals surface area contributed by atoms with Gasteiger partial charge in [0.25, 0.3) is 0 Å². The molecule has 0 bridgehead atoms. The van der Waals surface area contributed by atoms with E-state index < -0.39 is 0 Å². The van der Waals surface area contributed by atoms with Crippen molar-refractivity contribution in [3.8, 4) is 0 Å². The lowest BCUT2D eigenvalue weighted by atomic mass is 10.0. The van der Waals surface area contributed by atoms with Crippen molar-refractivity contribution >= 4 is 11.7 Å². The minimum absolute atomic E-state index is 0.244. The Morgan fingerprint density at radius 1 is 1.40 bits per heavy atom. The standard InChI is InChI=1S/C12H19NO2/c1-9-7-12(15)13(8-9)6-5-10-3-2-4-11(10)14/h9-10H,2-8H2,1H3. The third kappa shape index (κ3) is 2.39.